The minimum Gasteiger partial charge on any atom is -0.394 e. The lowest BCUT2D eigenvalue weighted by Gasteiger charge is -2.21. The number of aliphatic hydroxyl groups excluding tert-OH is 1. The van der Waals surface area contributed by atoms with Crippen LogP contribution >= 0.6 is 0 Å². The van der Waals surface area contributed by atoms with Gasteiger partial charge in [-0.05, 0) is 49.1 Å². The molecule has 0 spiro atoms. The first-order chi connectivity index (χ1) is 10.7. The molecule has 124 valence electrons. The van der Waals surface area contributed by atoms with Crippen molar-refractivity contribution in [3.05, 3.63) is 35.4 Å². The van der Waals surface area contributed by atoms with E-state index in [-0.39, 0.29) is 12.1 Å². The Morgan fingerprint density at radius 2 is 1.77 bits per heavy atom. The molecule has 1 saturated carbocycles. The molecule has 3 N–H and O–H groups in total. The highest BCUT2D eigenvalue weighted by Gasteiger charge is 2.35. The lowest BCUT2D eigenvalue weighted by Crippen LogP contribution is -2.40. The van der Waals surface area contributed by atoms with Gasteiger partial charge in [0.2, 0.25) is 0 Å². The molecule has 0 heterocycles. The average molecular weight is 303 g/mol. The second-order valence-electron chi connectivity index (χ2n) is 7.22. The number of hydrogen-bond acceptors (Lipinski definition) is 2. The fourth-order valence-electron chi connectivity index (χ4n) is 3.65. The highest BCUT2D eigenvalue weighted by Crippen LogP contribution is 2.39. The van der Waals surface area contributed by atoms with Gasteiger partial charge in [0.15, 0.2) is 0 Å². The average Bonchev–Trinajstić information content (AvgIpc) is 2.94. The minimum atomic E-state index is -0.345. The molecule has 0 amide bonds. The molecule has 2 nitrogen and oxygen atoms in total. The van der Waals surface area contributed by atoms with Crippen LogP contribution in [0.2, 0.25) is 0 Å². The van der Waals surface area contributed by atoms with Gasteiger partial charge in [-0.1, -0.05) is 63.3 Å². The summed E-state index contributed by atoms with van der Waals surface area (Å²) in [4.78, 5) is 0. The van der Waals surface area contributed by atoms with Gasteiger partial charge in [0, 0.05) is 5.54 Å². The Bertz CT molecular complexity index is 428. The van der Waals surface area contributed by atoms with Crippen LogP contribution in [0.5, 0.6) is 0 Å². The van der Waals surface area contributed by atoms with Gasteiger partial charge in [0.1, 0.15) is 0 Å². The molecule has 0 bridgehead atoms. The van der Waals surface area contributed by atoms with Crippen molar-refractivity contribution in [2.45, 2.75) is 82.6 Å². The third-order valence-electron chi connectivity index (χ3n) is 5.23. The van der Waals surface area contributed by atoms with Crippen LogP contribution in [0.3, 0.4) is 0 Å². The Hall–Kier alpha value is -0.860. The Balaban J connectivity index is 1.74. The van der Waals surface area contributed by atoms with Crippen LogP contribution < -0.4 is 5.73 Å². The Labute approximate surface area is 136 Å². The Kier molecular flexibility index (Phi) is 6.91. The molecule has 0 unspecified atom stereocenters. The lowest BCUT2D eigenvalue weighted by atomic mass is 9.92. The summed E-state index contributed by atoms with van der Waals surface area (Å²) in [6.45, 7) is 2.38. The van der Waals surface area contributed by atoms with Gasteiger partial charge in [-0.15, -0.1) is 0 Å². The van der Waals surface area contributed by atoms with Gasteiger partial charge >= 0.3 is 0 Å². The van der Waals surface area contributed by atoms with Gasteiger partial charge in [0.05, 0.1) is 6.61 Å². The molecule has 0 aliphatic heterocycles. The molecular weight excluding hydrogens is 270 g/mol. The molecule has 2 heteroatoms. The molecule has 0 aromatic heterocycles. The summed E-state index contributed by atoms with van der Waals surface area (Å²) in [6.07, 6.45) is 12.3. The van der Waals surface area contributed by atoms with E-state index in [4.69, 9.17) is 5.73 Å². The summed E-state index contributed by atoms with van der Waals surface area (Å²) in [5, 5.41) is 9.38. The molecule has 1 aliphatic carbocycles. The van der Waals surface area contributed by atoms with Crippen molar-refractivity contribution in [3.8, 4) is 0 Å². The maximum atomic E-state index is 9.38. The summed E-state index contributed by atoms with van der Waals surface area (Å²) in [7, 11) is 0. The normalized spacial score (nSPS) is 24.8. The number of aryl methyl sites for hydroxylation is 1. The van der Waals surface area contributed by atoms with Gasteiger partial charge < -0.3 is 10.8 Å². The largest absolute Gasteiger partial charge is 0.394 e. The van der Waals surface area contributed by atoms with E-state index in [1.165, 1.54) is 56.1 Å². The molecule has 1 fully saturated rings. The summed E-state index contributed by atoms with van der Waals surface area (Å²) >= 11 is 0. The second kappa shape index (κ2) is 8.69. The molecule has 2 rings (SSSR count). The van der Waals surface area contributed by atoms with Crippen LogP contribution in [0, 0.1) is 0 Å². The molecule has 1 aromatic carbocycles. The zero-order chi connectivity index (χ0) is 15.8. The standard InChI is InChI=1S/C20H33NO/c1-2-3-4-5-6-7-8-17-9-11-18(12-10-17)19-13-14-20(21,15-19)16-22/h9-12,19,22H,2-8,13-16,21H2,1H3/t19-,20-/m0/s1. The van der Waals surface area contributed by atoms with E-state index in [2.05, 4.69) is 31.2 Å². The minimum absolute atomic E-state index is 0.111. The Morgan fingerprint density at radius 1 is 1.09 bits per heavy atom. The van der Waals surface area contributed by atoms with E-state index in [1.807, 2.05) is 0 Å². The maximum Gasteiger partial charge on any atom is 0.0611 e. The highest BCUT2D eigenvalue weighted by molar-refractivity contribution is 5.27. The third-order valence-corrected chi connectivity index (χ3v) is 5.23. The monoisotopic (exact) mass is 303 g/mol. The van der Waals surface area contributed by atoms with Crippen molar-refractivity contribution in [3.63, 3.8) is 0 Å². The molecular formula is C20H33NO. The van der Waals surface area contributed by atoms with Crippen molar-refractivity contribution in [2.75, 3.05) is 6.61 Å². The molecule has 0 saturated heterocycles. The first-order valence-corrected chi connectivity index (χ1v) is 9.15. The van der Waals surface area contributed by atoms with Crippen molar-refractivity contribution < 1.29 is 5.11 Å². The van der Waals surface area contributed by atoms with Crippen LogP contribution in [0.1, 0.15) is 81.8 Å². The second-order valence-corrected chi connectivity index (χ2v) is 7.22. The highest BCUT2D eigenvalue weighted by atomic mass is 16.3. The predicted octanol–water partition coefficient (Wildman–Crippen LogP) is 4.55. The summed E-state index contributed by atoms with van der Waals surface area (Å²) in [5.74, 6) is 0.528. The number of unbranched alkanes of at least 4 members (excludes halogenated alkanes) is 5. The fraction of sp³-hybridized carbons (Fsp3) is 0.700. The SMILES string of the molecule is CCCCCCCCc1ccc([C@H]2CC[C@@](N)(CO)C2)cc1. The quantitative estimate of drug-likeness (QED) is 0.658. The fourth-order valence-corrected chi connectivity index (χ4v) is 3.65. The number of benzene rings is 1. The summed E-state index contributed by atoms with van der Waals surface area (Å²) in [6, 6.07) is 9.13. The van der Waals surface area contributed by atoms with E-state index in [1.54, 1.807) is 0 Å². The maximum absolute atomic E-state index is 9.38. The van der Waals surface area contributed by atoms with Crippen molar-refractivity contribution in [2.24, 2.45) is 5.73 Å². The molecule has 22 heavy (non-hydrogen) atoms. The molecule has 1 aromatic rings. The predicted molar refractivity (Wildman–Crippen MR) is 94.1 cm³/mol. The van der Waals surface area contributed by atoms with Crippen molar-refractivity contribution >= 4 is 0 Å². The summed E-state index contributed by atoms with van der Waals surface area (Å²) < 4.78 is 0. The van der Waals surface area contributed by atoms with Crippen molar-refractivity contribution in [1.29, 1.82) is 0 Å². The number of rotatable bonds is 9. The van der Waals surface area contributed by atoms with E-state index in [0.29, 0.717) is 5.92 Å². The van der Waals surface area contributed by atoms with E-state index >= 15 is 0 Å². The number of nitrogens with two attached hydrogens (primary N) is 1. The van der Waals surface area contributed by atoms with E-state index in [9.17, 15) is 5.11 Å². The molecule has 2 atom stereocenters. The topological polar surface area (TPSA) is 46.2 Å². The zero-order valence-corrected chi connectivity index (χ0v) is 14.2. The smallest absolute Gasteiger partial charge is 0.0611 e. The zero-order valence-electron chi connectivity index (χ0n) is 14.2. The third kappa shape index (κ3) is 5.10. The molecule has 1 aliphatic rings. The van der Waals surface area contributed by atoms with Crippen LogP contribution in [0.15, 0.2) is 24.3 Å². The number of aliphatic hydroxyl groups is 1. The van der Waals surface area contributed by atoms with Crippen LogP contribution in [0.4, 0.5) is 0 Å². The van der Waals surface area contributed by atoms with Gasteiger partial charge in [0.25, 0.3) is 0 Å². The van der Waals surface area contributed by atoms with E-state index < -0.39 is 0 Å². The van der Waals surface area contributed by atoms with Gasteiger partial charge in [-0.25, -0.2) is 0 Å². The van der Waals surface area contributed by atoms with Crippen LogP contribution in [0.25, 0.3) is 0 Å². The first-order valence-electron chi connectivity index (χ1n) is 9.15. The number of hydrogen-bond donors (Lipinski definition) is 2. The molecule has 0 radical (unpaired) electrons. The summed E-state index contributed by atoms with van der Waals surface area (Å²) in [5.41, 5.74) is 8.69. The van der Waals surface area contributed by atoms with Gasteiger partial charge in [-0.2, -0.15) is 0 Å². The van der Waals surface area contributed by atoms with Crippen LogP contribution in [-0.4, -0.2) is 17.3 Å². The van der Waals surface area contributed by atoms with Gasteiger partial charge in [-0.3, -0.25) is 0 Å². The van der Waals surface area contributed by atoms with Crippen molar-refractivity contribution in [1.82, 2.24) is 0 Å². The van der Waals surface area contributed by atoms with E-state index in [0.717, 1.165) is 19.3 Å². The Morgan fingerprint density at radius 3 is 2.41 bits per heavy atom. The van der Waals surface area contributed by atoms with Crippen LogP contribution in [-0.2, 0) is 6.42 Å². The first kappa shape index (κ1) is 17.5. The lowest BCUT2D eigenvalue weighted by molar-refractivity contribution is 0.198.